The Morgan fingerprint density at radius 1 is 1.16 bits per heavy atom. The number of fused-ring (bicyclic) bond motifs is 1. The number of carbonyl (C=O) groups excluding carboxylic acids is 1. The molecule has 2 aliphatic rings. The Hall–Kier alpha value is -3.82. The molecule has 4 rings (SSSR count). The molecule has 1 aliphatic carbocycles. The van der Waals surface area contributed by atoms with E-state index in [0.717, 1.165) is 28.0 Å². The number of rotatable bonds is 5. The second kappa shape index (κ2) is 9.99. The molecule has 2 aromatic rings. The van der Waals surface area contributed by atoms with Crippen LogP contribution in [0.4, 0.5) is 0 Å². The predicted molar refractivity (Wildman–Crippen MR) is 127 cm³/mol. The highest BCUT2D eigenvalue weighted by Gasteiger charge is 2.18. The quantitative estimate of drug-likeness (QED) is 0.541. The van der Waals surface area contributed by atoms with E-state index in [-0.39, 0.29) is 11.9 Å². The first-order valence-corrected chi connectivity index (χ1v) is 10.8. The summed E-state index contributed by atoms with van der Waals surface area (Å²) in [6.07, 6.45) is 10.0. The van der Waals surface area contributed by atoms with E-state index in [1.807, 2.05) is 43.4 Å². The van der Waals surface area contributed by atoms with Crippen molar-refractivity contribution in [1.82, 2.24) is 5.32 Å². The minimum Gasteiger partial charge on any atom is -0.493 e. The fraction of sp³-hybridized carbons (Fsp3) is 0.222. The van der Waals surface area contributed by atoms with Gasteiger partial charge in [0.1, 0.15) is 12.4 Å². The molecule has 1 heterocycles. The third-order valence-corrected chi connectivity index (χ3v) is 5.28. The van der Waals surface area contributed by atoms with Crippen LogP contribution in [0.1, 0.15) is 24.5 Å². The molecule has 0 fully saturated rings. The summed E-state index contributed by atoms with van der Waals surface area (Å²) in [5.41, 5.74) is 5.86. The van der Waals surface area contributed by atoms with Crippen molar-refractivity contribution in [3.63, 3.8) is 0 Å². The summed E-state index contributed by atoms with van der Waals surface area (Å²) in [5, 5.41) is 6.79. The van der Waals surface area contributed by atoms with E-state index < -0.39 is 0 Å². The van der Waals surface area contributed by atoms with Gasteiger partial charge in [0.25, 0.3) is 0 Å². The van der Waals surface area contributed by atoms with E-state index in [4.69, 9.17) is 9.57 Å². The monoisotopic (exact) mass is 426 g/mol. The van der Waals surface area contributed by atoms with Gasteiger partial charge in [-0.15, -0.1) is 0 Å². The van der Waals surface area contributed by atoms with Gasteiger partial charge in [-0.05, 0) is 60.5 Å². The van der Waals surface area contributed by atoms with Crippen LogP contribution < -0.4 is 10.1 Å². The topological polar surface area (TPSA) is 59.9 Å². The summed E-state index contributed by atoms with van der Waals surface area (Å²) in [6.45, 7) is 4.90. The van der Waals surface area contributed by atoms with Crippen LogP contribution in [0.3, 0.4) is 0 Å². The lowest BCUT2D eigenvalue weighted by Gasteiger charge is -2.15. The molecule has 1 aliphatic heterocycles. The molecule has 0 spiro atoms. The molecule has 0 radical (unpaired) electrons. The van der Waals surface area contributed by atoms with E-state index >= 15 is 0 Å². The molecule has 5 heteroatoms. The predicted octanol–water partition coefficient (Wildman–Crippen LogP) is 4.99. The number of benzene rings is 2. The summed E-state index contributed by atoms with van der Waals surface area (Å²) in [6, 6.07) is 14.3. The highest BCUT2D eigenvalue weighted by molar-refractivity contribution is 5.99. The molecule has 0 bridgehead atoms. The maximum absolute atomic E-state index is 13.0. The zero-order valence-corrected chi connectivity index (χ0v) is 18.3. The van der Waals surface area contributed by atoms with E-state index in [1.54, 1.807) is 0 Å². The van der Waals surface area contributed by atoms with Crippen molar-refractivity contribution in [1.29, 1.82) is 0 Å². The Bertz CT molecular complexity index is 1130. The maximum atomic E-state index is 13.0. The van der Waals surface area contributed by atoms with Crippen LogP contribution in [-0.4, -0.2) is 31.0 Å². The lowest BCUT2D eigenvalue weighted by molar-refractivity contribution is -0.117. The minimum atomic E-state index is -0.191. The largest absolute Gasteiger partial charge is 0.493 e. The number of carbonyl (C=O) groups is 1. The average Bonchev–Trinajstić information content (AvgIpc) is 3.03. The molecular formula is C27H26N2O3. The second-order valence-corrected chi connectivity index (χ2v) is 7.68. The van der Waals surface area contributed by atoms with Gasteiger partial charge < -0.3 is 14.9 Å². The molecule has 2 aromatic carbocycles. The summed E-state index contributed by atoms with van der Waals surface area (Å²) >= 11 is 0. The maximum Gasteiger partial charge on any atom is 0.248 e. The molecule has 1 N–H and O–H groups in total. The Kier molecular flexibility index (Phi) is 6.69. The second-order valence-electron chi connectivity index (χ2n) is 7.68. The molecule has 1 amide bonds. The first-order valence-electron chi connectivity index (χ1n) is 10.8. The SMILES string of the molecule is CCON=C=C1C=CC(NC(=O)C2=Cc3cc(-c4ccc(C)cc4)ccc3OCC2)C=C1. The number of allylic oxidation sites excluding steroid dienone is 3. The van der Waals surface area contributed by atoms with Crippen molar-refractivity contribution in [2.75, 3.05) is 13.2 Å². The smallest absolute Gasteiger partial charge is 0.248 e. The Morgan fingerprint density at radius 2 is 1.91 bits per heavy atom. The van der Waals surface area contributed by atoms with Gasteiger partial charge in [0, 0.05) is 29.0 Å². The minimum absolute atomic E-state index is 0.100. The number of amides is 1. The summed E-state index contributed by atoms with van der Waals surface area (Å²) < 4.78 is 5.90. The van der Waals surface area contributed by atoms with Gasteiger partial charge in [-0.1, -0.05) is 48.0 Å². The highest BCUT2D eigenvalue weighted by atomic mass is 16.6. The highest BCUT2D eigenvalue weighted by Crippen LogP contribution is 2.31. The fourth-order valence-electron chi connectivity index (χ4n) is 3.53. The summed E-state index contributed by atoms with van der Waals surface area (Å²) in [5.74, 6) is 3.50. The molecule has 0 saturated carbocycles. The van der Waals surface area contributed by atoms with E-state index in [9.17, 15) is 4.79 Å². The third kappa shape index (κ3) is 5.26. The summed E-state index contributed by atoms with van der Waals surface area (Å²) in [4.78, 5) is 17.9. The van der Waals surface area contributed by atoms with Crippen LogP contribution in [-0.2, 0) is 9.63 Å². The summed E-state index contributed by atoms with van der Waals surface area (Å²) in [7, 11) is 0. The van der Waals surface area contributed by atoms with Crippen molar-refractivity contribution < 1.29 is 14.4 Å². The van der Waals surface area contributed by atoms with Gasteiger partial charge >= 0.3 is 0 Å². The molecule has 0 unspecified atom stereocenters. The average molecular weight is 427 g/mol. The first-order chi connectivity index (χ1) is 15.6. The van der Waals surface area contributed by atoms with Crippen LogP contribution in [0.2, 0.25) is 0 Å². The van der Waals surface area contributed by atoms with Gasteiger partial charge in [-0.2, -0.15) is 0 Å². The van der Waals surface area contributed by atoms with Gasteiger partial charge in [-0.3, -0.25) is 4.79 Å². The zero-order chi connectivity index (χ0) is 22.3. The van der Waals surface area contributed by atoms with Crippen molar-refractivity contribution in [2.45, 2.75) is 26.3 Å². The lowest BCUT2D eigenvalue weighted by Crippen LogP contribution is -2.34. The van der Waals surface area contributed by atoms with Crippen LogP contribution in [0.25, 0.3) is 17.2 Å². The first kappa shape index (κ1) is 21.4. The van der Waals surface area contributed by atoms with Gasteiger partial charge in [0.15, 0.2) is 0 Å². The van der Waals surface area contributed by atoms with Crippen LogP contribution in [0.5, 0.6) is 5.75 Å². The van der Waals surface area contributed by atoms with Crippen LogP contribution >= 0.6 is 0 Å². The molecular weight excluding hydrogens is 400 g/mol. The Labute approximate surface area is 188 Å². The van der Waals surface area contributed by atoms with Crippen molar-refractivity contribution in [3.8, 4) is 16.9 Å². The van der Waals surface area contributed by atoms with E-state index in [2.05, 4.69) is 59.7 Å². The Morgan fingerprint density at radius 3 is 2.66 bits per heavy atom. The van der Waals surface area contributed by atoms with Gasteiger partial charge in [-0.25, -0.2) is 0 Å². The number of ether oxygens (including phenoxy) is 1. The number of nitrogens with zero attached hydrogens (tertiary/aromatic N) is 1. The molecule has 32 heavy (non-hydrogen) atoms. The lowest BCUT2D eigenvalue weighted by atomic mass is 10.00. The normalized spacial score (nSPS) is 16.8. The number of hydrogen-bond acceptors (Lipinski definition) is 4. The molecule has 5 nitrogen and oxygen atoms in total. The van der Waals surface area contributed by atoms with Crippen molar-refractivity contribution in [3.05, 3.63) is 89.0 Å². The van der Waals surface area contributed by atoms with E-state index in [1.165, 1.54) is 5.56 Å². The number of aryl methyl sites for hydroxylation is 1. The van der Waals surface area contributed by atoms with Crippen molar-refractivity contribution in [2.24, 2.45) is 5.16 Å². The standard InChI is InChI=1S/C27H26N2O3/c1-3-32-28-18-20-6-11-25(12-7-20)29-27(30)23-14-15-31-26-13-10-22(16-24(26)17-23)21-8-4-19(2)5-9-21/h4-13,16-17,25H,3,14-15H2,1-2H3,(H,29,30). The van der Waals surface area contributed by atoms with Crippen LogP contribution in [0, 0.1) is 6.92 Å². The molecule has 0 aromatic heterocycles. The molecule has 0 saturated heterocycles. The Balaban J connectivity index is 1.50. The zero-order valence-electron chi connectivity index (χ0n) is 18.3. The third-order valence-electron chi connectivity index (χ3n) is 5.28. The van der Waals surface area contributed by atoms with Gasteiger partial charge in [0.2, 0.25) is 5.91 Å². The number of hydrogen-bond donors (Lipinski definition) is 1. The van der Waals surface area contributed by atoms with E-state index in [0.29, 0.717) is 25.2 Å². The fourth-order valence-corrected chi connectivity index (χ4v) is 3.53. The van der Waals surface area contributed by atoms with Crippen LogP contribution in [0.15, 0.2) is 83.1 Å². The molecule has 162 valence electrons. The van der Waals surface area contributed by atoms with Crippen molar-refractivity contribution >= 4 is 17.9 Å². The van der Waals surface area contributed by atoms with Gasteiger partial charge in [0.05, 0.1) is 12.6 Å². The molecule has 0 atom stereocenters. The number of nitrogens with one attached hydrogen (secondary N) is 1.